The first-order chi connectivity index (χ1) is 18.2. The third kappa shape index (κ3) is 3.42. The Bertz CT molecular complexity index is 1430. The molecule has 0 saturated carbocycles. The van der Waals surface area contributed by atoms with Crippen LogP contribution in [0.4, 0.5) is 0 Å². The Balaban J connectivity index is 1.14. The lowest BCUT2D eigenvalue weighted by Crippen LogP contribution is -2.41. The highest BCUT2D eigenvalue weighted by Crippen LogP contribution is 2.60. The fraction of sp³-hybridized carbons (Fsp3) is 0.156. The average Bonchev–Trinajstić information content (AvgIpc) is 3.21. The largest absolute Gasteiger partial charge is 0.489 e. The minimum absolute atomic E-state index is 0.125. The van der Waals surface area contributed by atoms with Crippen LogP contribution in [0.1, 0.15) is 45.2 Å². The van der Waals surface area contributed by atoms with Crippen LogP contribution < -0.4 is 4.74 Å². The molecule has 4 aromatic carbocycles. The number of nitrogens with zero attached hydrogens (tertiary/aromatic N) is 2. The van der Waals surface area contributed by atoms with Crippen molar-refractivity contribution in [3.63, 3.8) is 0 Å². The van der Waals surface area contributed by atoms with Crippen LogP contribution in [0.3, 0.4) is 0 Å². The van der Waals surface area contributed by atoms with Crippen LogP contribution in [0.15, 0.2) is 108 Å². The molecule has 0 unspecified atom stereocenters. The Kier molecular flexibility index (Phi) is 5.03. The minimum Gasteiger partial charge on any atom is -0.489 e. The molecular formula is C32H24N2O3. The highest BCUT2D eigenvalue weighted by Gasteiger charge is 2.61. The SMILES string of the molecule is O=C1[C@@H]2C3c4ccccc4C(c4ccccc43)[C@H]2C(=O)N1/N=C\c1ccc(OCc2ccccc2)cc1. The van der Waals surface area contributed by atoms with Gasteiger partial charge in [0.05, 0.1) is 18.1 Å². The topological polar surface area (TPSA) is 59.0 Å². The van der Waals surface area contributed by atoms with E-state index in [0.29, 0.717) is 6.61 Å². The predicted octanol–water partition coefficient (Wildman–Crippen LogP) is 5.49. The third-order valence-corrected chi connectivity index (χ3v) is 7.88. The van der Waals surface area contributed by atoms with Gasteiger partial charge in [-0.1, -0.05) is 78.9 Å². The number of rotatable bonds is 5. The highest BCUT2D eigenvalue weighted by molar-refractivity contribution is 6.08. The second kappa shape index (κ2) is 8.56. The van der Waals surface area contributed by atoms with E-state index in [1.165, 1.54) is 0 Å². The van der Waals surface area contributed by atoms with Crippen molar-refractivity contribution < 1.29 is 14.3 Å². The van der Waals surface area contributed by atoms with E-state index < -0.39 is 11.8 Å². The number of hydrogen-bond acceptors (Lipinski definition) is 4. The minimum atomic E-state index is -0.423. The fourth-order valence-electron chi connectivity index (χ4n) is 6.29. The summed E-state index contributed by atoms with van der Waals surface area (Å²) in [7, 11) is 0. The molecule has 5 heteroatoms. The quantitative estimate of drug-likeness (QED) is 0.278. The van der Waals surface area contributed by atoms with Crippen molar-refractivity contribution in [1.29, 1.82) is 0 Å². The molecule has 0 aromatic heterocycles. The number of ether oxygens (including phenoxy) is 1. The Morgan fingerprint density at radius 2 is 1.14 bits per heavy atom. The van der Waals surface area contributed by atoms with Crippen molar-refractivity contribution in [2.45, 2.75) is 18.4 Å². The van der Waals surface area contributed by atoms with E-state index in [-0.39, 0.29) is 23.7 Å². The maximum atomic E-state index is 13.6. The van der Waals surface area contributed by atoms with Crippen molar-refractivity contribution in [2.24, 2.45) is 16.9 Å². The van der Waals surface area contributed by atoms with Crippen molar-refractivity contribution >= 4 is 18.0 Å². The summed E-state index contributed by atoms with van der Waals surface area (Å²) in [6.45, 7) is 0.487. The summed E-state index contributed by atoms with van der Waals surface area (Å²) >= 11 is 0. The molecule has 5 nitrogen and oxygen atoms in total. The van der Waals surface area contributed by atoms with Crippen LogP contribution >= 0.6 is 0 Å². The van der Waals surface area contributed by atoms with E-state index in [4.69, 9.17) is 4.74 Å². The zero-order chi connectivity index (χ0) is 24.9. The van der Waals surface area contributed by atoms with Gasteiger partial charge in [0.15, 0.2) is 0 Å². The number of benzene rings is 4. The Morgan fingerprint density at radius 3 is 1.65 bits per heavy atom. The van der Waals surface area contributed by atoms with Gasteiger partial charge in [0.1, 0.15) is 12.4 Å². The molecule has 0 N–H and O–H groups in total. The standard InChI is InChI=1S/C32H24N2O3/c35-31-29-27-23-10-4-5-11-24(23)28(26-13-7-6-12-25(26)27)30(29)32(36)34(31)33-18-20-14-16-22(17-15-20)37-19-21-8-2-1-3-9-21/h1-18,27-30H,19H2/b33-18-/t27?,28?,29-,30-/m1/s1. The number of carbonyl (C=O) groups is 2. The molecule has 2 atom stereocenters. The van der Waals surface area contributed by atoms with Crippen LogP contribution in [-0.4, -0.2) is 23.0 Å². The van der Waals surface area contributed by atoms with Crippen LogP contribution in [0.5, 0.6) is 5.75 Å². The van der Waals surface area contributed by atoms with Crippen LogP contribution in [-0.2, 0) is 16.2 Å². The van der Waals surface area contributed by atoms with Crippen LogP contribution in [0, 0.1) is 11.8 Å². The molecule has 0 spiro atoms. The maximum Gasteiger partial charge on any atom is 0.254 e. The van der Waals surface area contributed by atoms with Gasteiger partial charge in [-0.15, -0.1) is 0 Å². The lowest BCUT2D eigenvalue weighted by Gasteiger charge is -2.45. The highest BCUT2D eigenvalue weighted by atomic mass is 16.5. The molecular weight excluding hydrogens is 460 g/mol. The maximum absolute atomic E-state index is 13.6. The molecule has 2 bridgehead atoms. The molecule has 0 radical (unpaired) electrons. The number of hydrogen-bond donors (Lipinski definition) is 0. The molecule has 4 aliphatic rings. The normalized spacial score (nSPS) is 23.2. The van der Waals surface area contributed by atoms with Gasteiger partial charge < -0.3 is 4.74 Å². The van der Waals surface area contributed by atoms with Gasteiger partial charge in [0, 0.05) is 11.8 Å². The number of amides is 2. The molecule has 2 amide bonds. The summed E-state index contributed by atoms with van der Waals surface area (Å²) in [6.07, 6.45) is 1.58. The number of carbonyl (C=O) groups excluding carboxylic acids is 2. The first-order valence-electron chi connectivity index (χ1n) is 12.6. The van der Waals surface area contributed by atoms with Crippen molar-refractivity contribution in [3.8, 4) is 5.75 Å². The Hall–Kier alpha value is -4.51. The van der Waals surface area contributed by atoms with E-state index in [9.17, 15) is 9.59 Å². The van der Waals surface area contributed by atoms with Gasteiger partial charge in [-0.25, -0.2) is 0 Å². The molecule has 8 rings (SSSR count). The summed E-state index contributed by atoms with van der Waals surface area (Å²) in [5, 5.41) is 5.50. The van der Waals surface area contributed by atoms with E-state index in [2.05, 4.69) is 29.4 Å². The first kappa shape index (κ1) is 21.7. The van der Waals surface area contributed by atoms with Gasteiger partial charge >= 0.3 is 0 Å². The van der Waals surface area contributed by atoms with Gasteiger partial charge in [0.25, 0.3) is 11.8 Å². The molecule has 4 aromatic rings. The van der Waals surface area contributed by atoms with Gasteiger partial charge in [-0.3, -0.25) is 9.59 Å². The molecule has 37 heavy (non-hydrogen) atoms. The molecule has 1 aliphatic heterocycles. The summed E-state index contributed by atoms with van der Waals surface area (Å²) < 4.78 is 5.85. The van der Waals surface area contributed by atoms with Gasteiger partial charge in [-0.2, -0.15) is 10.1 Å². The summed E-state index contributed by atoms with van der Waals surface area (Å²) in [5.74, 6) is -0.782. The molecule has 180 valence electrons. The van der Waals surface area contributed by atoms with E-state index in [1.54, 1.807) is 6.21 Å². The smallest absolute Gasteiger partial charge is 0.254 e. The summed E-state index contributed by atoms with van der Waals surface area (Å²) in [4.78, 5) is 27.3. The van der Waals surface area contributed by atoms with Crippen molar-refractivity contribution in [3.05, 3.63) is 137 Å². The van der Waals surface area contributed by atoms with E-state index >= 15 is 0 Å². The summed E-state index contributed by atoms with van der Waals surface area (Å²) in [5.41, 5.74) is 6.52. The van der Waals surface area contributed by atoms with Gasteiger partial charge in [-0.05, 0) is 57.6 Å². The zero-order valence-electron chi connectivity index (χ0n) is 20.0. The van der Waals surface area contributed by atoms with E-state index in [1.807, 2.05) is 78.9 Å². The monoisotopic (exact) mass is 484 g/mol. The summed E-state index contributed by atoms with van der Waals surface area (Å²) in [6, 6.07) is 33.9. The number of imide groups is 1. The zero-order valence-corrected chi connectivity index (χ0v) is 20.0. The second-order valence-corrected chi connectivity index (χ2v) is 9.84. The van der Waals surface area contributed by atoms with E-state index in [0.717, 1.165) is 44.1 Å². The van der Waals surface area contributed by atoms with Gasteiger partial charge in [0.2, 0.25) is 0 Å². The number of hydrazone groups is 1. The predicted molar refractivity (Wildman–Crippen MR) is 140 cm³/mol. The average molecular weight is 485 g/mol. The fourth-order valence-corrected chi connectivity index (χ4v) is 6.29. The lowest BCUT2D eigenvalue weighted by molar-refractivity contribution is -0.139. The van der Waals surface area contributed by atoms with Crippen molar-refractivity contribution in [1.82, 2.24) is 5.01 Å². The lowest BCUT2D eigenvalue weighted by atomic mass is 9.55. The second-order valence-electron chi connectivity index (χ2n) is 9.84. The Labute approximate surface area is 215 Å². The molecule has 1 fully saturated rings. The van der Waals surface area contributed by atoms with Crippen molar-refractivity contribution in [2.75, 3.05) is 0 Å². The van der Waals surface area contributed by atoms with Crippen LogP contribution in [0.25, 0.3) is 0 Å². The Morgan fingerprint density at radius 1 is 0.649 bits per heavy atom. The van der Waals surface area contributed by atoms with Crippen LogP contribution in [0.2, 0.25) is 0 Å². The molecule has 1 heterocycles. The molecule has 1 saturated heterocycles. The molecule has 3 aliphatic carbocycles. The third-order valence-electron chi connectivity index (χ3n) is 7.88. The first-order valence-corrected chi connectivity index (χ1v) is 12.6.